The molecule has 1 aliphatic heterocycles. The van der Waals surface area contributed by atoms with Gasteiger partial charge in [-0.25, -0.2) is 4.79 Å². The van der Waals surface area contributed by atoms with Crippen LogP contribution in [-0.4, -0.2) is 35.0 Å². The lowest BCUT2D eigenvalue weighted by Crippen LogP contribution is -2.42. The van der Waals surface area contributed by atoms with Crippen LogP contribution in [-0.2, 0) is 16.0 Å². The molecule has 1 aliphatic rings. The van der Waals surface area contributed by atoms with E-state index in [1.54, 1.807) is 4.90 Å². The first kappa shape index (κ1) is 21.2. The van der Waals surface area contributed by atoms with Crippen LogP contribution in [0.2, 0.25) is 0 Å². The number of amides is 1. The van der Waals surface area contributed by atoms with E-state index in [0.717, 1.165) is 38.8 Å². The average Bonchev–Trinajstić information content (AvgIpc) is 3.03. The second kappa shape index (κ2) is 7.87. The number of nitrogens with zero attached hydrogens (tertiary/aromatic N) is 1. The van der Waals surface area contributed by atoms with Gasteiger partial charge in [0, 0.05) is 41.4 Å². The monoisotopic (exact) mass is 425 g/mol. The molecule has 1 N–H and O–H groups in total. The van der Waals surface area contributed by atoms with Gasteiger partial charge in [-0.1, -0.05) is 0 Å². The summed E-state index contributed by atoms with van der Waals surface area (Å²) >= 11 is 0. The summed E-state index contributed by atoms with van der Waals surface area (Å²) in [6.07, 6.45) is 1.68. The summed E-state index contributed by atoms with van der Waals surface area (Å²) in [5, 5.41) is 11.1. The summed E-state index contributed by atoms with van der Waals surface area (Å²) in [5.74, 6) is -0.676. The van der Waals surface area contributed by atoms with Crippen molar-refractivity contribution in [2.75, 3.05) is 13.1 Å². The van der Waals surface area contributed by atoms with Crippen molar-refractivity contribution >= 4 is 33.8 Å². The fraction of sp³-hybridized carbons (Fsp3) is 0.458. The number of rotatable bonds is 4. The fourth-order valence-electron chi connectivity index (χ4n) is 4.58. The third-order valence-electron chi connectivity index (χ3n) is 6.66. The molecule has 0 radical (unpaired) electrons. The van der Waals surface area contributed by atoms with Crippen molar-refractivity contribution in [2.24, 2.45) is 5.92 Å². The maximum atomic E-state index is 12.7. The molecular weight excluding hydrogens is 398 g/mol. The fourth-order valence-corrected chi connectivity index (χ4v) is 4.58. The average molecular weight is 425 g/mol. The molecule has 4 rings (SSSR count). The Morgan fingerprint density at radius 3 is 2.45 bits per heavy atom. The minimum atomic E-state index is -0.866. The number of carboxylic acids is 1. The summed E-state index contributed by atoms with van der Waals surface area (Å²) in [5.41, 5.74) is 3.95. The van der Waals surface area contributed by atoms with Crippen LogP contribution in [0, 0.1) is 33.6 Å². The molecule has 1 atom stereocenters. The highest BCUT2D eigenvalue weighted by molar-refractivity contribution is 6.00. The maximum absolute atomic E-state index is 12.7. The van der Waals surface area contributed by atoms with Crippen LogP contribution >= 0.6 is 0 Å². The first-order valence-corrected chi connectivity index (χ1v) is 10.6. The number of fused-ring (bicyclic) bond motifs is 2. The number of furan rings is 1. The Hall–Kier alpha value is -3.09. The molecule has 0 bridgehead atoms. The molecule has 1 saturated heterocycles. The summed E-state index contributed by atoms with van der Waals surface area (Å²) in [7, 11) is 0. The van der Waals surface area contributed by atoms with Crippen molar-refractivity contribution in [3.63, 3.8) is 0 Å². The Morgan fingerprint density at radius 1 is 1.06 bits per heavy atom. The molecule has 1 amide bonds. The van der Waals surface area contributed by atoms with Gasteiger partial charge >= 0.3 is 11.6 Å². The third-order valence-corrected chi connectivity index (χ3v) is 6.66. The van der Waals surface area contributed by atoms with E-state index < -0.39 is 17.5 Å². The SMILES string of the molecule is Cc1oc2c(C)c3oc(=O)c(CCC(=O)N4CCCC(C(=O)O)C4)c(C)c3cc2c1C. The lowest BCUT2D eigenvalue weighted by molar-refractivity contribution is -0.145. The Labute approximate surface area is 179 Å². The Morgan fingerprint density at radius 2 is 1.74 bits per heavy atom. The van der Waals surface area contributed by atoms with Crippen LogP contribution in [0.25, 0.3) is 21.9 Å². The molecule has 7 nitrogen and oxygen atoms in total. The number of carbonyl (C=O) groups is 2. The topological polar surface area (TPSA) is 101 Å². The number of benzene rings is 1. The lowest BCUT2D eigenvalue weighted by atomic mass is 9.96. The van der Waals surface area contributed by atoms with E-state index in [1.807, 2.05) is 33.8 Å². The summed E-state index contributed by atoms with van der Waals surface area (Å²) < 4.78 is 11.5. The molecular formula is C24H27NO6. The number of carboxylic acid groups (broad SMARTS) is 1. The number of likely N-dealkylation sites (tertiary alicyclic amines) is 1. The highest BCUT2D eigenvalue weighted by atomic mass is 16.4. The minimum Gasteiger partial charge on any atom is -0.481 e. The molecule has 0 saturated carbocycles. The number of aliphatic carboxylic acids is 1. The van der Waals surface area contributed by atoms with E-state index in [2.05, 4.69) is 0 Å². The zero-order valence-electron chi connectivity index (χ0n) is 18.3. The zero-order valence-corrected chi connectivity index (χ0v) is 18.3. The smallest absolute Gasteiger partial charge is 0.339 e. The van der Waals surface area contributed by atoms with Crippen molar-refractivity contribution < 1.29 is 23.5 Å². The van der Waals surface area contributed by atoms with Crippen LogP contribution < -0.4 is 5.63 Å². The van der Waals surface area contributed by atoms with Gasteiger partial charge in [0.1, 0.15) is 16.9 Å². The molecule has 0 spiro atoms. The number of hydrogen-bond acceptors (Lipinski definition) is 5. The van der Waals surface area contributed by atoms with Crippen LogP contribution in [0.4, 0.5) is 0 Å². The second-order valence-corrected chi connectivity index (χ2v) is 8.55. The van der Waals surface area contributed by atoms with Gasteiger partial charge in [-0.15, -0.1) is 0 Å². The van der Waals surface area contributed by atoms with E-state index in [1.165, 1.54) is 0 Å². The van der Waals surface area contributed by atoms with E-state index in [4.69, 9.17) is 8.83 Å². The molecule has 1 fully saturated rings. The van der Waals surface area contributed by atoms with E-state index >= 15 is 0 Å². The summed E-state index contributed by atoms with van der Waals surface area (Å²) in [6.45, 7) is 8.47. The molecule has 1 unspecified atom stereocenters. The van der Waals surface area contributed by atoms with Crippen molar-refractivity contribution in [2.45, 2.75) is 53.4 Å². The number of hydrogen-bond donors (Lipinski definition) is 1. The molecule has 3 aromatic rings. The first-order chi connectivity index (χ1) is 14.7. The zero-order chi connectivity index (χ0) is 22.4. The molecule has 2 aromatic heterocycles. The van der Waals surface area contributed by atoms with Crippen LogP contribution in [0.3, 0.4) is 0 Å². The minimum absolute atomic E-state index is 0.127. The van der Waals surface area contributed by atoms with Crippen LogP contribution in [0.5, 0.6) is 0 Å². The summed E-state index contributed by atoms with van der Waals surface area (Å²) in [6, 6.07) is 2.00. The molecule has 1 aromatic carbocycles. The quantitative estimate of drug-likeness (QED) is 0.634. The largest absolute Gasteiger partial charge is 0.481 e. The van der Waals surface area contributed by atoms with Gasteiger partial charge in [-0.05, 0) is 64.2 Å². The highest BCUT2D eigenvalue weighted by Gasteiger charge is 2.28. The highest BCUT2D eigenvalue weighted by Crippen LogP contribution is 2.34. The maximum Gasteiger partial charge on any atom is 0.339 e. The van der Waals surface area contributed by atoms with Crippen molar-refractivity contribution in [3.8, 4) is 0 Å². The van der Waals surface area contributed by atoms with Crippen LogP contribution in [0.1, 0.15) is 47.3 Å². The Balaban J connectivity index is 1.64. The lowest BCUT2D eigenvalue weighted by Gasteiger charge is -2.30. The van der Waals surface area contributed by atoms with Gasteiger partial charge in [0.2, 0.25) is 5.91 Å². The van der Waals surface area contributed by atoms with Gasteiger partial charge in [0.25, 0.3) is 0 Å². The predicted molar refractivity (Wildman–Crippen MR) is 116 cm³/mol. The van der Waals surface area contributed by atoms with Gasteiger partial charge in [0.15, 0.2) is 0 Å². The van der Waals surface area contributed by atoms with Crippen molar-refractivity contribution in [1.82, 2.24) is 4.90 Å². The third kappa shape index (κ3) is 3.62. The molecule has 31 heavy (non-hydrogen) atoms. The summed E-state index contributed by atoms with van der Waals surface area (Å²) in [4.78, 5) is 38.3. The van der Waals surface area contributed by atoms with Gasteiger partial charge in [-0.3, -0.25) is 9.59 Å². The normalized spacial score (nSPS) is 16.9. The predicted octanol–water partition coefficient (Wildman–Crippen LogP) is 4.03. The number of carbonyl (C=O) groups excluding carboxylic acids is 1. The number of aryl methyl sites for hydroxylation is 4. The molecule has 7 heteroatoms. The Bertz CT molecular complexity index is 1270. The van der Waals surface area contributed by atoms with Crippen molar-refractivity contribution in [1.29, 1.82) is 0 Å². The van der Waals surface area contributed by atoms with Crippen LogP contribution in [0.15, 0.2) is 19.7 Å². The molecule has 3 heterocycles. The van der Waals surface area contributed by atoms with E-state index in [-0.39, 0.29) is 25.3 Å². The van der Waals surface area contributed by atoms with E-state index in [0.29, 0.717) is 30.5 Å². The van der Waals surface area contributed by atoms with Gasteiger partial charge < -0.3 is 18.8 Å². The number of piperidine rings is 1. The first-order valence-electron chi connectivity index (χ1n) is 10.6. The van der Waals surface area contributed by atoms with E-state index in [9.17, 15) is 19.5 Å². The molecule has 0 aliphatic carbocycles. The Kier molecular flexibility index (Phi) is 5.37. The second-order valence-electron chi connectivity index (χ2n) is 8.55. The van der Waals surface area contributed by atoms with Gasteiger partial charge in [0.05, 0.1) is 5.92 Å². The standard InChI is InChI=1S/C24H27NO6/c1-12-15(4)30-21-14(3)22-19(10-18(12)21)13(2)17(24(29)31-22)7-8-20(26)25-9-5-6-16(11-25)23(27)28/h10,16H,5-9,11H2,1-4H3,(H,27,28). The van der Waals surface area contributed by atoms with Gasteiger partial charge in [-0.2, -0.15) is 0 Å². The van der Waals surface area contributed by atoms with Crippen molar-refractivity contribution in [3.05, 3.63) is 44.5 Å². The molecule has 164 valence electrons.